The molecule has 0 aliphatic heterocycles. The van der Waals surface area contributed by atoms with Crippen molar-refractivity contribution in [2.45, 2.75) is 33.8 Å². The lowest BCUT2D eigenvalue weighted by Gasteiger charge is -2.14. The number of fused-ring (bicyclic) bond motifs is 1. The molecule has 0 saturated heterocycles. The molecule has 0 saturated carbocycles. The molecule has 0 spiro atoms. The summed E-state index contributed by atoms with van der Waals surface area (Å²) in [5, 5.41) is 0.677. The van der Waals surface area contributed by atoms with Crippen LogP contribution in [0.3, 0.4) is 0 Å². The Hall–Kier alpha value is -3.15. The number of hydrogen-bond donors (Lipinski definition) is 0. The molecule has 0 amide bonds. The highest BCUT2D eigenvalue weighted by molar-refractivity contribution is 6.17. The third-order valence-corrected chi connectivity index (χ3v) is 4.68. The van der Waals surface area contributed by atoms with Crippen molar-refractivity contribution >= 4 is 16.8 Å². The summed E-state index contributed by atoms with van der Waals surface area (Å²) in [6.45, 7) is 7.49. The van der Waals surface area contributed by atoms with E-state index in [4.69, 9.17) is 23.4 Å². The summed E-state index contributed by atoms with van der Waals surface area (Å²) in [6, 6.07) is 7.07. The Labute approximate surface area is 170 Å². The normalized spacial score (nSPS) is 11.0. The number of aryl methyl sites for hydroxylation is 2. The highest BCUT2D eigenvalue weighted by Crippen LogP contribution is 2.41. The van der Waals surface area contributed by atoms with Gasteiger partial charge in [0.2, 0.25) is 5.75 Å². The molecule has 0 radical (unpaired) electrons. The fraction of sp³-hybridized carbons (Fsp3) is 0.348. The standard InChI is InChI=1S/C23H26O6/c1-12(2)28-23-17(25-5)9-8-16-19(14(4)29-22(16)23)20(24)15-10-13(3)21(27-7)18(11-15)26-6/h8-12H,1-7H3. The van der Waals surface area contributed by atoms with Crippen molar-refractivity contribution in [3.63, 3.8) is 0 Å². The molecule has 154 valence electrons. The van der Waals surface area contributed by atoms with Crippen LogP contribution in [0.15, 0.2) is 28.7 Å². The predicted molar refractivity (Wildman–Crippen MR) is 111 cm³/mol. The summed E-state index contributed by atoms with van der Waals surface area (Å²) in [5.74, 6) is 2.51. The number of benzene rings is 2. The first-order valence-corrected chi connectivity index (χ1v) is 9.36. The van der Waals surface area contributed by atoms with Crippen LogP contribution < -0.4 is 18.9 Å². The number of rotatable bonds is 7. The van der Waals surface area contributed by atoms with Crippen molar-refractivity contribution in [1.29, 1.82) is 0 Å². The lowest BCUT2D eigenvalue weighted by Crippen LogP contribution is -2.07. The number of ketones is 1. The fourth-order valence-electron chi connectivity index (χ4n) is 3.46. The van der Waals surface area contributed by atoms with Crippen LogP contribution in [0, 0.1) is 13.8 Å². The molecule has 3 aromatic rings. The number of methoxy groups -OCH3 is 3. The van der Waals surface area contributed by atoms with Gasteiger partial charge in [-0.15, -0.1) is 0 Å². The average molecular weight is 398 g/mol. The maximum atomic E-state index is 13.4. The highest BCUT2D eigenvalue weighted by atomic mass is 16.5. The van der Waals surface area contributed by atoms with Crippen molar-refractivity contribution in [2.75, 3.05) is 21.3 Å². The molecule has 1 heterocycles. The number of furan rings is 1. The monoisotopic (exact) mass is 398 g/mol. The zero-order chi connectivity index (χ0) is 21.3. The van der Waals surface area contributed by atoms with Crippen molar-refractivity contribution in [3.05, 3.63) is 46.7 Å². The SMILES string of the molecule is COc1cc(C(=O)c2c(C)oc3c(OC(C)C)c(OC)ccc23)cc(C)c1OC. The number of hydrogen-bond acceptors (Lipinski definition) is 6. The Kier molecular flexibility index (Phi) is 5.73. The van der Waals surface area contributed by atoms with Gasteiger partial charge in [-0.25, -0.2) is 0 Å². The molecule has 1 aromatic heterocycles. The molecule has 0 aliphatic rings. The molecule has 0 unspecified atom stereocenters. The van der Waals surface area contributed by atoms with Gasteiger partial charge in [0.05, 0.1) is 33.0 Å². The molecular weight excluding hydrogens is 372 g/mol. The van der Waals surface area contributed by atoms with Crippen LogP contribution in [0.1, 0.15) is 41.1 Å². The summed E-state index contributed by atoms with van der Waals surface area (Å²) >= 11 is 0. The molecule has 0 N–H and O–H groups in total. The Morgan fingerprint density at radius 2 is 1.62 bits per heavy atom. The first-order chi connectivity index (χ1) is 13.8. The first kappa shape index (κ1) is 20.6. The van der Waals surface area contributed by atoms with Crippen LogP contribution in [-0.2, 0) is 0 Å². The van der Waals surface area contributed by atoms with Gasteiger partial charge in [-0.3, -0.25) is 4.79 Å². The molecule has 0 atom stereocenters. The zero-order valence-corrected chi connectivity index (χ0v) is 17.8. The van der Waals surface area contributed by atoms with Gasteiger partial charge in [-0.2, -0.15) is 0 Å². The van der Waals surface area contributed by atoms with Gasteiger partial charge >= 0.3 is 0 Å². The second-order valence-electron chi connectivity index (χ2n) is 7.03. The molecule has 6 nitrogen and oxygen atoms in total. The Morgan fingerprint density at radius 3 is 2.21 bits per heavy atom. The van der Waals surface area contributed by atoms with Crippen LogP contribution in [-0.4, -0.2) is 33.2 Å². The van der Waals surface area contributed by atoms with E-state index in [1.54, 1.807) is 46.5 Å². The number of carbonyl (C=O) groups excluding carboxylic acids is 1. The van der Waals surface area contributed by atoms with Crippen LogP contribution in [0.2, 0.25) is 0 Å². The zero-order valence-electron chi connectivity index (χ0n) is 17.8. The van der Waals surface area contributed by atoms with E-state index in [1.165, 1.54) is 0 Å². The summed E-state index contributed by atoms with van der Waals surface area (Å²) in [7, 11) is 4.69. The lowest BCUT2D eigenvalue weighted by atomic mass is 9.98. The van der Waals surface area contributed by atoms with Gasteiger partial charge in [0.25, 0.3) is 0 Å². The van der Waals surface area contributed by atoms with Gasteiger partial charge in [0, 0.05) is 10.9 Å². The second kappa shape index (κ2) is 8.07. The van der Waals surface area contributed by atoms with Crippen molar-refractivity contribution in [1.82, 2.24) is 0 Å². The van der Waals surface area contributed by atoms with Gasteiger partial charge in [0.1, 0.15) is 5.76 Å². The Bertz CT molecular complexity index is 1060. The molecule has 0 bridgehead atoms. The third kappa shape index (κ3) is 3.62. The minimum absolute atomic E-state index is 0.0763. The van der Waals surface area contributed by atoms with Gasteiger partial charge in [-0.05, 0) is 57.5 Å². The van der Waals surface area contributed by atoms with Crippen LogP contribution >= 0.6 is 0 Å². The highest BCUT2D eigenvalue weighted by Gasteiger charge is 2.25. The van der Waals surface area contributed by atoms with E-state index in [2.05, 4.69) is 0 Å². The average Bonchev–Trinajstić information content (AvgIpc) is 3.02. The molecule has 2 aromatic carbocycles. The minimum atomic E-state index is -0.161. The van der Waals surface area contributed by atoms with Crippen LogP contribution in [0.25, 0.3) is 11.0 Å². The quantitative estimate of drug-likeness (QED) is 0.516. The van der Waals surface area contributed by atoms with Crippen LogP contribution in [0.5, 0.6) is 23.0 Å². The van der Waals surface area contributed by atoms with Crippen molar-refractivity contribution in [3.8, 4) is 23.0 Å². The first-order valence-electron chi connectivity index (χ1n) is 9.36. The summed E-state index contributed by atoms with van der Waals surface area (Å²) in [5.41, 5.74) is 2.29. The Morgan fingerprint density at radius 1 is 0.931 bits per heavy atom. The second-order valence-corrected chi connectivity index (χ2v) is 7.03. The molecule has 6 heteroatoms. The predicted octanol–water partition coefficient (Wildman–Crippen LogP) is 5.09. The van der Waals surface area contributed by atoms with E-state index in [0.29, 0.717) is 50.9 Å². The van der Waals surface area contributed by atoms with Crippen LogP contribution in [0.4, 0.5) is 0 Å². The van der Waals surface area contributed by atoms with Gasteiger partial charge < -0.3 is 23.4 Å². The summed E-state index contributed by atoms with van der Waals surface area (Å²) in [6.07, 6.45) is -0.0763. The van der Waals surface area contributed by atoms with E-state index >= 15 is 0 Å². The molecule has 0 aliphatic carbocycles. The molecule has 29 heavy (non-hydrogen) atoms. The van der Waals surface area contributed by atoms with E-state index in [1.807, 2.05) is 26.8 Å². The van der Waals surface area contributed by atoms with Crippen molar-refractivity contribution < 1.29 is 28.2 Å². The lowest BCUT2D eigenvalue weighted by molar-refractivity contribution is 0.103. The van der Waals surface area contributed by atoms with Gasteiger partial charge in [0.15, 0.2) is 28.6 Å². The van der Waals surface area contributed by atoms with Crippen molar-refractivity contribution in [2.24, 2.45) is 0 Å². The van der Waals surface area contributed by atoms with E-state index in [-0.39, 0.29) is 11.9 Å². The summed E-state index contributed by atoms with van der Waals surface area (Å²) < 4.78 is 28.1. The topological polar surface area (TPSA) is 67.1 Å². The molecule has 3 rings (SSSR count). The van der Waals surface area contributed by atoms with E-state index in [0.717, 1.165) is 5.56 Å². The minimum Gasteiger partial charge on any atom is -0.493 e. The molecule has 0 fully saturated rings. The number of carbonyl (C=O) groups is 1. The van der Waals surface area contributed by atoms with Gasteiger partial charge in [-0.1, -0.05) is 0 Å². The maximum Gasteiger partial charge on any atom is 0.205 e. The fourth-order valence-corrected chi connectivity index (χ4v) is 3.46. The van der Waals surface area contributed by atoms with E-state index in [9.17, 15) is 4.79 Å². The summed E-state index contributed by atoms with van der Waals surface area (Å²) in [4.78, 5) is 13.4. The molecular formula is C23H26O6. The Balaban J connectivity index is 2.19. The van der Waals surface area contributed by atoms with E-state index < -0.39 is 0 Å². The maximum absolute atomic E-state index is 13.4. The smallest absolute Gasteiger partial charge is 0.205 e. The number of ether oxygens (including phenoxy) is 4. The third-order valence-electron chi connectivity index (χ3n) is 4.68. The largest absolute Gasteiger partial charge is 0.493 e.